The zero-order chi connectivity index (χ0) is 22.3. The van der Waals surface area contributed by atoms with Crippen LogP contribution < -0.4 is 10.6 Å². The number of carbonyl (C=O) groups excluding carboxylic acids is 1. The van der Waals surface area contributed by atoms with Gasteiger partial charge in [0.15, 0.2) is 0 Å². The Morgan fingerprint density at radius 1 is 1.17 bits per heavy atom. The molecule has 2 unspecified atom stereocenters. The van der Waals surface area contributed by atoms with Crippen LogP contribution in [0.1, 0.15) is 25.8 Å². The van der Waals surface area contributed by atoms with Crippen molar-refractivity contribution in [2.24, 2.45) is 5.92 Å². The molecule has 0 fully saturated rings. The normalized spacial score (nSPS) is 14.0. The summed E-state index contributed by atoms with van der Waals surface area (Å²) in [5.74, 6) is -1.46. The Morgan fingerprint density at radius 3 is 2.43 bits per heavy atom. The lowest BCUT2D eigenvalue weighted by Gasteiger charge is -2.24. The van der Waals surface area contributed by atoms with Crippen molar-refractivity contribution in [1.82, 2.24) is 15.6 Å². The summed E-state index contributed by atoms with van der Waals surface area (Å²) in [6.45, 7) is 3.88. The van der Waals surface area contributed by atoms with Gasteiger partial charge in [-0.15, -0.1) is 0 Å². The van der Waals surface area contributed by atoms with Gasteiger partial charge in [-0.3, -0.25) is 14.7 Å². The maximum Gasteiger partial charge on any atom is 0.343 e. The van der Waals surface area contributed by atoms with Crippen molar-refractivity contribution in [3.63, 3.8) is 0 Å². The van der Waals surface area contributed by atoms with Gasteiger partial charge in [-0.25, -0.2) is 4.79 Å². The molecule has 0 aliphatic carbocycles. The molecule has 4 N–H and O–H groups in total. The van der Waals surface area contributed by atoms with Crippen molar-refractivity contribution < 1.29 is 28.3 Å². The zero-order valence-corrected chi connectivity index (χ0v) is 18.6. The van der Waals surface area contributed by atoms with E-state index in [-0.39, 0.29) is 18.6 Å². The Bertz CT molecular complexity index is 905. The second-order valence-corrected chi connectivity index (χ2v) is 9.75. The number of aromatic nitrogens is 1. The number of amides is 1. The Morgan fingerprint density at radius 2 is 1.83 bits per heavy atom. The molecule has 0 spiro atoms. The molecule has 0 radical (unpaired) electrons. The van der Waals surface area contributed by atoms with Gasteiger partial charge in [-0.2, -0.15) is 0 Å². The number of fused-ring (bicyclic) bond motifs is 1. The number of hydrogen-bond donors (Lipinski definition) is 4. The maximum atomic E-state index is 12.9. The minimum Gasteiger partial charge on any atom is -0.480 e. The van der Waals surface area contributed by atoms with Crippen molar-refractivity contribution in [2.45, 2.75) is 38.8 Å². The van der Waals surface area contributed by atoms with Crippen molar-refractivity contribution in [3.8, 4) is 0 Å². The smallest absolute Gasteiger partial charge is 0.343 e. The lowest BCUT2D eigenvalue weighted by atomic mass is 10.0. The molecule has 1 amide bonds. The largest absolute Gasteiger partial charge is 0.480 e. The van der Waals surface area contributed by atoms with E-state index in [1.54, 1.807) is 6.20 Å². The molecule has 2 atom stereocenters. The van der Waals surface area contributed by atoms with Gasteiger partial charge in [0.2, 0.25) is 5.91 Å². The van der Waals surface area contributed by atoms with E-state index in [9.17, 15) is 19.3 Å². The Balaban J connectivity index is 2.13. The predicted molar refractivity (Wildman–Crippen MR) is 114 cm³/mol. The summed E-state index contributed by atoms with van der Waals surface area (Å²) < 4.78 is 22.1. The first-order chi connectivity index (χ1) is 14.2. The molecular formula is C20H30N3O6P. The number of carboxylic acids is 1. The van der Waals surface area contributed by atoms with Crippen LogP contribution in [0.25, 0.3) is 10.9 Å². The molecule has 9 nitrogen and oxygen atoms in total. The summed E-state index contributed by atoms with van der Waals surface area (Å²) in [5, 5.41) is 16.1. The van der Waals surface area contributed by atoms with E-state index >= 15 is 0 Å². The Kier molecular flexibility index (Phi) is 8.61. The molecule has 10 heteroatoms. The van der Waals surface area contributed by atoms with Gasteiger partial charge in [0.05, 0.1) is 12.3 Å². The first-order valence-corrected chi connectivity index (χ1v) is 11.4. The van der Waals surface area contributed by atoms with Crippen molar-refractivity contribution in [1.29, 1.82) is 0 Å². The molecule has 1 heterocycles. The molecule has 0 aliphatic rings. The fraction of sp³-hybridized carbons (Fsp3) is 0.500. The van der Waals surface area contributed by atoms with Gasteiger partial charge in [-0.05, 0) is 24.0 Å². The number of rotatable bonds is 12. The monoisotopic (exact) mass is 439 g/mol. The lowest BCUT2D eigenvalue weighted by Crippen LogP contribution is -2.51. The van der Waals surface area contributed by atoms with E-state index in [4.69, 9.17) is 9.05 Å². The zero-order valence-electron chi connectivity index (χ0n) is 17.7. The molecule has 0 saturated carbocycles. The fourth-order valence-electron chi connectivity index (χ4n) is 3.17. The number of nitrogens with one attached hydrogen (secondary N) is 3. The van der Waals surface area contributed by atoms with Gasteiger partial charge in [-0.1, -0.05) is 32.0 Å². The third kappa shape index (κ3) is 6.40. The van der Waals surface area contributed by atoms with Crippen LogP contribution in [0, 0.1) is 5.92 Å². The Hall–Kier alpha value is -2.19. The number of H-pyrrole nitrogens is 1. The molecule has 0 bridgehead atoms. The molecule has 2 aromatic rings. The van der Waals surface area contributed by atoms with Gasteiger partial charge in [0.25, 0.3) is 0 Å². The van der Waals surface area contributed by atoms with Gasteiger partial charge >= 0.3 is 13.6 Å². The van der Waals surface area contributed by atoms with Crippen LogP contribution in [0.5, 0.6) is 0 Å². The summed E-state index contributed by atoms with van der Waals surface area (Å²) in [5.41, 5.74) is 1.70. The quantitative estimate of drug-likeness (QED) is 0.374. The number of aliphatic carboxylic acids is 1. The van der Waals surface area contributed by atoms with Gasteiger partial charge in [0.1, 0.15) is 6.04 Å². The number of carbonyl (C=O) groups is 2. The maximum absolute atomic E-state index is 12.9. The minimum absolute atomic E-state index is 0.133. The van der Waals surface area contributed by atoms with Gasteiger partial charge < -0.3 is 24.5 Å². The highest BCUT2D eigenvalue weighted by molar-refractivity contribution is 7.53. The Labute approximate surface area is 176 Å². The summed E-state index contributed by atoms with van der Waals surface area (Å²) in [7, 11) is -0.819. The van der Waals surface area contributed by atoms with Crippen LogP contribution in [0.15, 0.2) is 30.5 Å². The highest BCUT2D eigenvalue weighted by atomic mass is 31.2. The summed E-state index contributed by atoms with van der Waals surface area (Å²) in [6.07, 6.45) is 2.15. The van der Waals surface area contributed by atoms with Crippen molar-refractivity contribution in [2.75, 3.05) is 20.5 Å². The van der Waals surface area contributed by atoms with E-state index in [1.807, 2.05) is 38.1 Å². The first kappa shape index (κ1) is 24.1. The summed E-state index contributed by atoms with van der Waals surface area (Å²) in [6, 6.07) is 5.72. The van der Waals surface area contributed by atoms with Crippen molar-refractivity contribution >= 4 is 30.4 Å². The van der Waals surface area contributed by atoms with Gasteiger partial charge in [0, 0.05) is 37.7 Å². The molecule has 30 heavy (non-hydrogen) atoms. The first-order valence-electron chi connectivity index (χ1n) is 9.71. The third-order valence-corrected chi connectivity index (χ3v) is 6.51. The topological polar surface area (TPSA) is 130 Å². The van der Waals surface area contributed by atoms with E-state index in [2.05, 4.69) is 15.6 Å². The van der Waals surface area contributed by atoms with Crippen LogP contribution in [0.3, 0.4) is 0 Å². The van der Waals surface area contributed by atoms with Crippen LogP contribution in [-0.4, -0.2) is 54.6 Å². The molecule has 0 aliphatic heterocycles. The second-order valence-electron chi connectivity index (χ2n) is 7.48. The second kappa shape index (κ2) is 10.7. The summed E-state index contributed by atoms with van der Waals surface area (Å²) in [4.78, 5) is 27.8. The van der Waals surface area contributed by atoms with Crippen LogP contribution >= 0.6 is 7.60 Å². The molecule has 0 saturated heterocycles. The van der Waals surface area contributed by atoms with Crippen molar-refractivity contribution in [3.05, 3.63) is 36.0 Å². The minimum atomic E-state index is -3.36. The lowest BCUT2D eigenvalue weighted by molar-refractivity contribution is -0.142. The highest BCUT2D eigenvalue weighted by Crippen LogP contribution is 2.44. The average molecular weight is 439 g/mol. The molecular weight excluding hydrogens is 409 g/mol. The van der Waals surface area contributed by atoms with E-state index in [0.29, 0.717) is 6.42 Å². The fourth-order valence-corrected chi connectivity index (χ4v) is 4.02. The van der Waals surface area contributed by atoms with Crippen LogP contribution in [0.2, 0.25) is 0 Å². The number of benzene rings is 1. The molecule has 166 valence electrons. The van der Waals surface area contributed by atoms with Crippen LogP contribution in [0.4, 0.5) is 0 Å². The van der Waals surface area contributed by atoms with Crippen LogP contribution in [-0.2, 0) is 29.6 Å². The summed E-state index contributed by atoms with van der Waals surface area (Å²) >= 11 is 0. The van der Waals surface area contributed by atoms with E-state index < -0.39 is 31.6 Å². The van der Waals surface area contributed by atoms with E-state index in [1.165, 1.54) is 14.2 Å². The SMILES string of the molecule is COP(=O)(CNC(CC(C)C)C(=O)NC(Cc1c[nH]c2ccccc12)C(=O)O)OC. The predicted octanol–water partition coefficient (Wildman–Crippen LogP) is 2.73. The molecule has 1 aromatic heterocycles. The highest BCUT2D eigenvalue weighted by Gasteiger charge is 2.29. The third-order valence-electron chi connectivity index (χ3n) is 4.82. The number of aromatic amines is 1. The average Bonchev–Trinajstić information content (AvgIpc) is 3.12. The molecule has 1 aromatic carbocycles. The number of hydrogen-bond acceptors (Lipinski definition) is 6. The van der Waals surface area contributed by atoms with E-state index in [0.717, 1.165) is 16.5 Å². The molecule has 2 rings (SSSR count). The number of carboxylic acid groups (broad SMARTS) is 1. The standard InChI is InChI=1S/C20H30N3O6P/c1-13(2)9-17(22-12-30(27,28-3)29-4)19(24)23-18(20(25)26)10-14-11-21-16-8-6-5-7-15(14)16/h5-8,11,13,17-18,21-22H,9-10,12H2,1-4H3,(H,23,24)(H,25,26). The number of para-hydroxylation sites is 1.